The number of aliphatic hydroxyl groups excluding tert-OH is 1. The van der Waals surface area contributed by atoms with E-state index in [4.69, 9.17) is 13.9 Å². The van der Waals surface area contributed by atoms with Crippen molar-refractivity contribution in [2.75, 3.05) is 6.61 Å². The summed E-state index contributed by atoms with van der Waals surface area (Å²) in [6.45, 7) is 19.0. The molecule has 0 aromatic carbocycles. The van der Waals surface area contributed by atoms with Gasteiger partial charge < -0.3 is 19.0 Å². The lowest BCUT2D eigenvalue weighted by molar-refractivity contribution is -0.155. The Morgan fingerprint density at radius 1 is 1.27 bits per heavy atom. The zero-order chi connectivity index (χ0) is 17.3. The zero-order valence-corrected chi connectivity index (χ0v) is 16.7. The number of aliphatic hydroxyl groups is 1. The van der Waals surface area contributed by atoms with E-state index < -0.39 is 26.3 Å². The van der Waals surface area contributed by atoms with Crippen LogP contribution in [0, 0.1) is 0 Å². The Labute approximate surface area is 137 Å². The fraction of sp³-hybridized carbons (Fsp3) is 0.882. The first-order chi connectivity index (χ1) is 9.75. The molecule has 0 amide bonds. The lowest BCUT2D eigenvalue weighted by Crippen LogP contribution is -2.46. The van der Waals surface area contributed by atoms with E-state index in [1.807, 2.05) is 33.8 Å². The Kier molecular flexibility index (Phi) is 6.07. The molecule has 0 bridgehead atoms. The molecule has 130 valence electrons. The number of ether oxygens (including phenoxy) is 2. The van der Waals surface area contributed by atoms with Crippen LogP contribution in [0.4, 0.5) is 0 Å². The lowest BCUT2D eigenvalue weighted by atomic mass is 10.1. The molecule has 0 spiro atoms. The maximum Gasteiger partial charge on any atom is 0.192 e. The second kappa shape index (κ2) is 6.73. The molecule has 0 aromatic heterocycles. The minimum Gasteiger partial charge on any atom is -0.414 e. The van der Waals surface area contributed by atoms with Gasteiger partial charge in [0.25, 0.3) is 0 Å². The van der Waals surface area contributed by atoms with Crippen molar-refractivity contribution in [3.8, 4) is 0 Å². The molecule has 3 atom stereocenters. The van der Waals surface area contributed by atoms with E-state index in [0.717, 1.165) is 5.57 Å². The summed E-state index contributed by atoms with van der Waals surface area (Å²) in [6.07, 6.45) is 0.679. The van der Waals surface area contributed by atoms with Crippen molar-refractivity contribution in [3.63, 3.8) is 0 Å². The summed E-state index contributed by atoms with van der Waals surface area (Å²) in [5, 5.41) is 10.7. The largest absolute Gasteiger partial charge is 0.414 e. The summed E-state index contributed by atoms with van der Waals surface area (Å²) in [4.78, 5) is 0. The molecule has 1 aliphatic heterocycles. The van der Waals surface area contributed by atoms with Crippen molar-refractivity contribution in [2.24, 2.45) is 0 Å². The van der Waals surface area contributed by atoms with Gasteiger partial charge in [-0.1, -0.05) is 32.4 Å². The first-order valence-corrected chi connectivity index (χ1v) is 11.0. The fourth-order valence-corrected chi connectivity index (χ4v) is 3.20. The predicted octanol–water partition coefficient (Wildman–Crippen LogP) is 3.86. The van der Waals surface area contributed by atoms with Gasteiger partial charge >= 0.3 is 0 Å². The summed E-state index contributed by atoms with van der Waals surface area (Å²) in [5.41, 5.74) is 1.15. The highest BCUT2D eigenvalue weighted by Crippen LogP contribution is 2.37. The minimum atomic E-state index is -1.88. The number of allylic oxidation sites excluding steroid dienone is 1. The van der Waals surface area contributed by atoms with E-state index in [0.29, 0.717) is 0 Å². The standard InChI is InChI=1S/C17H34O4Si/c1-12(2)10-14-15(21-17(6,7)20-14)13(18)11-19-22(8,9)16(3,4)5/h10,13-15,18H,11H2,1-9H3/t13-,14+,15-/m1/s1. The van der Waals surface area contributed by atoms with Crippen LogP contribution < -0.4 is 0 Å². The predicted molar refractivity (Wildman–Crippen MR) is 92.4 cm³/mol. The van der Waals surface area contributed by atoms with Crippen molar-refractivity contribution in [1.29, 1.82) is 0 Å². The van der Waals surface area contributed by atoms with Gasteiger partial charge in [-0.25, -0.2) is 0 Å². The van der Waals surface area contributed by atoms with Gasteiger partial charge in [-0.15, -0.1) is 0 Å². The van der Waals surface area contributed by atoms with Crippen LogP contribution in [0.5, 0.6) is 0 Å². The average Bonchev–Trinajstić information content (AvgIpc) is 2.59. The molecule has 0 aromatic rings. The van der Waals surface area contributed by atoms with Gasteiger partial charge in [-0.3, -0.25) is 0 Å². The highest BCUT2D eigenvalue weighted by Gasteiger charge is 2.45. The molecular formula is C17H34O4Si. The summed E-state index contributed by atoms with van der Waals surface area (Å²) < 4.78 is 17.9. The summed E-state index contributed by atoms with van der Waals surface area (Å²) >= 11 is 0. The van der Waals surface area contributed by atoms with E-state index in [9.17, 15) is 5.11 Å². The van der Waals surface area contributed by atoms with Crippen molar-refractivity contribution in [1.82, 2.24) is 0 Å². The summed E-state index contributed by atoms with van der Waals surface area (Å²) in [6, 6.07) is 0. The molecule has 1 rings (SSSR count). The second-order valence-electron chi connectivity index (χ2n) is 8.45. The van der Waals surface area contributed by atoms with Gasteiger partial charge in [0.2, 0.25) is 0 Å². The quantitative estimate of drug-likeness (QED) is 0.614. The molecule has 22 heavy (non-hydrogen) atoms. The van der Waals surface area contributed by atoms with Gasteiger partial charge in [-0.2, -0.15) is 0 Å². The first-order valence-electron chi connectivity index (χ1n) is 8.08. The fourth-order valence-electron chi connectivity index (χ4n) is 2.18. The average molecular weight is 331 g/mol. The van der Waals surface area contributed by atoms with Crippen LogP contribution in [-0.2, 0) is 13.9 Å². The van der Waals surface area contributed by atoms with Gasteiger partial charge in [0, 0.05) is 0 Å². The Hall–Kier alpha value is -0.203. The normalized spacial score (nSPS) is 26.8. The van der Waals surface area contributed by atoms with Crippen LogP contribution in [0.2, 0.25) is 18.1 Å². The molecule has 1 saturated heterocycles. The zero-order valence-electron chi connectivity index (χ0n) is 15.7. The van der Waals surface area contributed by atoms with Crippen LogP contribution in [0.15, 0.2) is 11.6 Å². The highest BCUT2D eigenvalue weighted by molar-refractivity contribution is 6.74. The topological polar surface area (TPSA) is 47.9 Å². The Bertz CT molecular complexity index is 405. The van der Waals surface area contributed by atoms with Gasteiger partial charge in [0.05, 0.1) is 6.61 Å². The van der Waals surface area contributed by atoms with Crippen LogP contribution in [-0.4, -0.2) is 44.1 Å². The van der Waals surface area contributed by atoms with Crippen molar-refractivity contribution in [2.45, 2.75) is 90.7 Å². The van der Waals surface area contributed by atoms with Crippen molar-refractivity contribution in [3.05, 3.63) is 11.6 Å². The molecule has 0 saturated carbocycles. The van der Waals surface area contributed by atoms with Gasteiger partial charge in [0.1, 0.15) is 18.3 Å². The van der Waals surface area contributed by atoms with Crippen LogP contribution in [0.1, 0.15) is 48.5 Å². The molecule has 1 fully saturated rings. The third-order valence-corrected chi connectivity index (χ3v) is 8.96. The molecule has 0 unspecified atom stereocenters. The maximum absolute atomic E-state index is 10.6. The van der Waals surface area contributed by atoms with Crippen LogP contribution in [0.3, 0.4) is 0 Å². The van der Waals surface area contributed by atoms with Crippen molar-refractivity contribution < 1.29 is 19.0 Å². The monoisotopic (exact) mass is 330 g/mol. The van der Waals surface area contributed by atoms with E-state index in [-0.39, 0.29) is 17.7 Å². The Morgan fingerprint density at radius 2 is 1.82 bits per heavy atom. The smallest absolute Gasteiger partial charge is 0.192 e. The number of rotatable bonds is 5. The number of hydrogen-bond donors (Lipinski definition) is 1. The van der Waals surface area contributed by atoms with Gasteiger partial charge in [0.15, 0.2) is 14.1 Å². The Balaban J connectivity index is 2.75. The molecular weight excluding hydrogens is 296 g/mol. The van der Waals surface area contributed by atoms with E-state index in [1.165, 1.54) is 0 Å². The van der Waals surface area contributed by atoms with Crippen molar-refractivity contribution >= 4 is 8.32 Å². The third-order valence-electron chi connectivity index (χ3n) is 4.46. The first kappa shape index (κ1) is 19.8. The maximum atomic E-state index is 10.6. The second-order valence-corrected chi connectivity index (χ2v) is 13.3. The molecule has 1 heterocycles. The highest BCUT2D eigenvalue weighted by atomic mass is 28.4. The number of hydrogen-bond acceptors (Lipinski definition) is 4. The molecule has 5 heteroatoms. The van der Waals surface area contributed by atoms with Crippen LogP contribution >= 0.6 is 0 Å². The van der Waals surface area contributed by atoms with E-state index in [2.05, 4.69) is 33.9 Å². The molecule has 0 radical (unpaired) electrons. The summed E-state index contributed by atoms with van der Waals surface area (Å²) in [5.74, 6) is -0.681. The van der Waals surface area contributed by atoms with E-state index >= 15 is 0 Å². The summed E-state index contributed by atoms with van der Waals surface area (Å²) in [7, 11) is -1.88. The van der Waals surface area contributed by atoms with E-state index in [1.54, 1.807) is 0 Å². The lowest BCUT2D eigenvalue weighted by Gasteiger charge is -2.37. The molecule has 0 aliphatic carbocycles. The molecule has 4 nitrogen and oxygen atoms in total. The van der Waals surface area contributed by atoms with Crippen LogP contribution in [0.25, 0.3) is 0 Å². The molecule has 1 N–H and O–H groups in total. The molecule has 1 aliphatic rings. The van der Waals surface area contributed by atoms with Gasteiger partial charge in [-0.05, 0) is 45.8 Å². The SMILES string of the molecule is CC(C)=C[C@@H]1OC(C)(C)O[C@@H]1[C@H](O)CO[Si](C)(C)C(C)(C)C. The Morgan fingerprint density at radius 3 is 2.27 bits per heavy atom. The third kappa shape index (κ3) is 5.17. The minimum absolute atomic E-state index is 0.123.